The highest BCUT2D eigenvalue weighted by Crippen LogP contribution is 2.48. The summed E-state index contributed by atoms with van der Waals surface area (Å²) in [6.07, 6.45) is 7.21. The van der Waals surface area contributed by atoms with E-state index in [2.05, 4.69) is 5.92 Å². The Morgan fingerprint density at radius 2 is 2.07 bits per heavy atom. The highest BCUT2D eigenvalue weighted by molar-refractivity contribution is 6.09. The molecule has 0 N–H and O–H groups in total. The average molecular weight is 191 g/mol. The summed E-state index contributed by atoms with van der Waals surface area (Å²) in [7, 11) is 0. The fourth-order valence-electron chi connectivity index (χ4n) is 2.12. The second-order valence-electron chi connectivity index (χ2n) is 3.97. The van der Waals surface area contributed by atoms with Gasteiger partial charge in [0.1, 0.15) is 0 Å². The highest BCUT2D eigenvalue weighted by atomic mass is 16.2. The quantitative estimate of drug-likeness (QED) is 0.488. The molecule has 0 aromatic carbocycles. The van der Waals surface area contributed by atoms with E-state index >= 15 is 0 Å². The van der Waals surface area contributed by atoms with Gasteiger partial charge in [-0.3, -0.25) is 14.5 Å². The standard InChI is InChI=1S/C11H13NO2/c1-3-5-7(4-2)12-10(13)8-6-9(8)11(12)14/h1,7-9H,4-6H2,2H3. The summed E-state index contributed by atoms with van der Waals surface area (Å²) in [6, 6.07) is -0.0761. The maximum atomic E-state index is 11.7. The van der Waals surface area contributed by atoms with Crippen molar-refractivity contribution in [3.63, 3.8) is 0 Å². The van der Waals surface area contributed by atoms with Crippen LogP contribution in [0.5, 0.6) is 0 Å². The molecular weight excluding hydrogens is 178 g/mol. The minimum Gasteiger partial charge on any atom is -0.278 e. The SMILES string of the molecule is C#CCC(CC)N1C(=O)C2CC2C1=O. The lowest BCUT2D eigenvalue weighted by Gasteiger charge is -2.24. The number of fused-ring (bicyclic) bond motifs is 1. The fraction of sp³-hybridized carbons (Fsp3) is 0.636. The lowest BCUT2D eigenvalue weighted by Crippen LogP contribution is -2.41. The molecule has 0 spiro atoms. The number of hydrogen-bond acceptors (Lipinski definition) is 2. The Bertz CT molecular complexity index is 309. The van der Waals surface area contributed by atoms with Gasteiger partial charge in [0.2, 0.25) is 11.8 Å². The van der Waals surface area contributed by atoms with Gasteiger partial charge in [0.15, 0.2) is 0 Å². The van der Waals surface area contributed by atoms with E-state index in [1.807, 2.05) is 6.92 Å². The Balaban J connectivity index is 2.14. The maximum Gasteiger partial charge on any atom is 0.233 e. The van der Waals surface area contributed by atoms with E-state index in [-0.39, 0.29) is 29.7 Å². The number of imide groups is 1. The number of nitrogens with zero attached hydrogens (tertiary/aromatic N) is 1. The molecule has 3 unspecified atom stereocenters. The van der Waals surface area contributed by atoms with Gasteiger partial charge in [0.25, 0.3) is 0 Å². The summed E-state index contributed by atoms with van der Waals surface area (Å²) in [5.74, 6) is 2.51. The molecule has 0 aromatic heterocycles. The summed E-state index contributed by atoms with van der Waals surface area (Å²) in [6.45, 7) is 1.95. The average Bonchev–Trinajstić information content (AvgIpc) is 2.91. The van der Waals surface area contributed by atoms with Crippen LogP contribution in [0.15, 0.2) is 0 Å². The third kappa shape index (κ3) is 1.14. The zero-order valence-corrected chi connectivity index (χ0v) is 8.19. The van der Waals surface area contributed by atoms with Crippen LogP contribution in [0.4, 0.5) is 0 Å². The molecule has 1 saturated carbocycles. The van der Waals surface area contributed by atoms with Gasteiger partial charge in [-0.1, -0.05) is 6.92 Å². The minimum absolute atomic E-state index is 0.00194. The van der Waals surface area contributed by atoms with E-state index < -0.39 is 0 Å². The van der Waals surface area contributed by atoms with Gasteiger partial charge in [-0.2, -0.15) is 0 Å². The lowest BCUT2D eigenvalue weighted by atomic mass is 10.1. The van der Waals surface area contributed by atoms with Gasteiger partial charge in [0.05, 0.1) is 17.9 Å². The molecule has 0 bridgehead atoms. The van der Waals surface area contributed by atoms with Crippen molar-refractivity contribution in [2.75, 3.05) is 0 Å². The lowest BCUT2D eigenvalue weighted by molar-refractivity contribution is -0.144. The van der Waals surface area contributed by atoms with Crippen molar-refractivity contribution < 1.29 is 9.59 Å². The topological polar surface area (TPSA) is 37.4 Å². The van der Waals surface area contributed by atoms with Gasteiger partial charge < -0.3 is 0 Å². The van der Waals surface area contributed by atoms with Gasteiger partial charge >= 0.3 is 0 Å². The summed E-state index contributed by atoms with van der Waals surface area (Å²) in [5, 5.41) is 0. The van der Waals surface area contributed by atoms with Crippen LogP contribution in [0.2, 0.25) is 0 Å². The molecule has 1 aliphatic heterocycles. The summed E-state index contributed by atoms with van der Waals surface area (Å²) in [5.41, 5.74) is 0. The number of piperidine rings is 1. The van der Waals surface area contributed by atoms with Crippen LogP contribution in [-0.4, -0.2) is 22.8 Å². The second kappa shape index (κ2) is 3.13. The van der Waals surface area contributed by atoms with Crippen LogP contribution in [0.1, 0.15) is 26.2 Å². The third-order valence-corrected chi connectivity index (χ3v) is 3.09. The van der Waals surface area contributed by atoms with Crippen molar-refractivity contribution in [3.8, 4) is 12.3 Å². The molecule has 3 heteroatoms. The largest absolute Gasteiger partial charge is 0.278 e. The van der Waals surface area contributed by atoms with Crippen molar-refractivity contribution in [3.05, 3.63) is 0 Å². The van der Waals surface area contributed by atoms with Crippen LogP contribution >= 0.6 is 0 Å². The molecule has 0 radical (unpaired) electrons. The predicted octanol–water partition coefficient (Wildman–Crippen LogP) is 0.793. The Morgan fingerprint density at radius 3 is 2.50 bits per heavy atom. The van der Waals surface area contributed by atoms with E-state index in [4.69, 9.17) is 6.42 Å². The van der Waals surface area contributed by atoms with Gasteiger partial charge in [0, 0.05) is 6.42 Å². The monoisotopic (exact) mass is 191 g/mol. The number of carbonyl (C=O) groups is 2. The van der Waals surface area contributed by atoms with Crippen molar-refractivity contribution in [1.29, 1.82) is 0 Å². The first-order valence-corrected chi connectivity index (χ1v) is 5.01. The molecule has 14 heavy (non-hydrogen) atoms. The molecular formula is C11H13NO2. The minimum atomic E-state index is -0.0761. The molecule has 2 fully saturated rings. The van der Waals surface area contributed by atoms with Gasteiger partial charge in [-0.05, 0) is 12.8 Å². The summed E-state index contributed by atoms with van der Waals surface area (Å²) < 4.78 is 0. The maximum absolute atomic E-state index is 11.7. The van der Waals surface area contributed by atoms with Crippen LogP contribution in [-0.2, 0) is 9.59 Å². The molecule has 2 amide bonds. The van der Waals surface area contributed by atoms with Crippen LogP contribution < -0.4 is 0 Å². The number of terminal acetylenes is 1. The first kappa shape index (κ1) is 9.26. The Morgan fingerprint density at radius 1 is 1.50 bits per heavy atom. The zero-order valence-electron chi connectivity index (χ0n) is 8.19. The molecule has 3 nitrogen and oxygen atoms in total. The van der Waals surface area contributed by atoms with E-state index in [9.17, 15) is 9.59 Å². The van der Waals surface area contributed by atoms with Crippen molar-refractivity contribution in [1.82, 2.24) is 4.90 Å². The number of hydrogen-bond donors (Lipinski definition) is 0. The summed E-state index contributed by atoms with van der Waals surface area (Å²) >= 11 is 0. The third-order valence-electron chi connectivity index (χ3n) is 3.09. The second-order valence-corrected chi connectivity index (χ2v) is 3.97. The number of amides is 2. The van der Waals surface area contributed by atoms with Crippen molar-refractivity contribution in [2.24, 2.45) is 11.8 Å². The molecule has 2 aliphatic rings. The van der Waals surface area contributed by atoms with E-state index in [1.54, 1.807) is 0 Å². The van der Waals surface area contributed by atoms with Gasteiger partial charge in [-0.15, -0.1) is 12.3 Å². The Labute approximate surface area is 83.5 Å². The predicted molar refractivity (Wildman–Crippen MR) is 51.0 cm³/mol. The van der Waals surface area contributed by atoms with E-state index in [0.717, 1.165) is 12.8 Å². The Hall–Kier alpha value is -1.30. The molecule has 2 rings (SSSR count). The smallest absolute Gasteiger partial charge is 0.233 e. The van der Waals surface area contributed by atoms with Crippen LogP contribution in [0.25, 0.3) is 0 Å². The van der Waals surface area contributed by atoms with Crippen molar-refractivity contribution in [2.45, 2.75) is 32.2 Å². The van der Waals surface area contributed by atoms with Crippen LogP contribution in [0.3, 0.4) is 0 Å². The molecule has 74 valence electrons. The number of rotatable bonds is 3. The fourth-order valence-corrected chi connectivity index (χ4v) is 2.12. The molecule has 1 heterocycles. The van der Waals surface area contributed by atoms with Crippen LogP contribution in [0, 0.1) is 24.2 Å². The van der Waals surface area contributed by atoms with E-state index in [0.29, 0.717) is 6.42 Å². The molecule has 1 aliphatic carbocycles. The Kier molecular flexibility index (Phi) is 2.07. The number of likely N-dealkylation sites (tertiary alicyclic amines) is 1. The first-order valence-electron chi connectivity index (χ1n) is 5.01. The summed E-state index contributed by atoms with van der Waals surface area (Å²) in [4.78, 5) is 24.7. The highest BCUT2D eigenvalue weighted by Gasteiger charge is 2.59. The van der Waals surface area contributed by atoms with E-state index in [1.165, 1.54) is 4.90 Å². The first-order chi connectivity index (χ1) is 6.70. The number of carbonyl (C=O) groups excluding carboxylic acids is 2. The molecule has 1 saturated heterocycles. The normalized spacial score (nSPS) is 31.3. The zero-order chi connectivity index (χ0) is 10.3. The van der Waals surface area contributed by atoms with Gasteiger partial charge in [-0.25, -0.2) is 0 Å². The van der Waals surface area contributed by atoms with Crippen molar-refractivity contribution >= 4 is 11.8 Å². The molecule has 0 aromatic rings. The molecule has 3 atom stereocenters.